The Balaban J connectivity index is 4.03. The molecule has 0 radical (unpaired) electrons. The smallest absolute Gasteiger partial charge is 0.333 e. The molecular formula is C13H28O5Si2. The van der Waals surface area contributed by atoms with Gasteiger partial charge in [0.05, 0.1) is 6.61 Å². The molecule has 0 saturated carbocycles. The molecule has 2 atom stereocenters. The Morgan fingerprint density at radius 3 is 2.50 bits per heavy atom. The van der Waals surface area contributed by atoms with Crippen LogP contribution in [0.15, 0.2) is 11.6 Å². The maximum Gasteiger partial charge on any atom is 0.333 e. The van der Waals surface area contributed by atoms with E-state index in [2.05, 4.69) is 19.6 Å². The van der Waals surface area contributed by atoms with Gasteiger partial charge in [0, 0.05) is 21.5 Å². The average Bonchev–Trinajstić information content (AvgIpc) is 2.32. The Bertz CT molecular complexity index is 325. The first-order valence-electron chi connectivity index (χ1n) is 6.96. The number of esters is 1. The third kappa shape index (κ3) is 10.3. The van der Waals surface area contributed by atoms with Crippen molar-refractivity contribution in [2.24, 2.45) is 0 Å². The number of hydrogen-bond donors (Lipinski definition) is 2. The van der Waals surface area contributed by atoms with Crippen LogP contribution in [-0.4, -0.2) is 59.8 Å². The van der Waals surface area contributed by atoms with Crippen molar-refractivity contribution < 1.29 is 24.2 Å². The van der Waals surface area contributed by atoms with Crippen molar-refractivity contribution in [3.05, 3.63) is 11.6 Å². The molecule has 0 saturated heterocycles. The summed E-state index contributed by atoms with van der Waals surface area (Å²) >= 11 is 0. The number of carbonyl (C=O) groups excluding carboxylic acids is 1. The summed E-state index contributed by atoms with van der Waals surface area (Å²) in [6.45, 7) is 7.61. The highest BCUT2D eigenvalue weighted by atomic mass is 28.4. The maximum absolute atomic E-state index is 11.6. The van der Waals surface area contributed by atoms with Gasteiger partial charge >= 0.3 is 5.97 Å². The highest BCUT2D eigenvalue weighted by Gasteiger charge is 2.17. The highest BCUT2D eigenvalue weighted by Crippen LogP contribution is 2.10. The lowest BCUT2D eigenvalue weighted by molar-refractivity contribution is -0.142. The fourth-order valence-corrected chi connectivity index (χ4v) is 5.40. The third-order valence-corrected chi connectivity index (χ3v) is 4.91. The molecule has 5 nitrogen and oxygen atoms in total. The Hall–Kier alpha value is -0.476. The van der Waals surface area contributed by atoms with Crippen molar-refractivity contribution in [2.75, 3.05) is 13.2 Å². The van der Waals surface area contributed by atoms with Gasteiger partial charge in [-0.05, 0) is 39.4 Å². The number of aliphatic hydroxyl groups excluding tert-OH is 2. The monoisotopic (exact) mass is 320 g/mol. The van der Waals surface area contributed by atoms with E-state index < -0.39 is 27.0 Å². The summed E-state index contributed by atoms with van der Waals surface area (Å²) in [5, 5.41) is 17.7. The summed E-state index contributed by atoms with van der Waals surface area (Å²) in [6, 6.07) is 0. The van der Waals surface area contributed by atoms with E-state index >= 15 is 0 Å². The number of hydrogen-bond acceptors (Lipinski definition) is 5. The molecule has 0 spiro atoms. The molecule has 0 rings (SSSR count). The van der Waals surface area contributed by atoms with Gasteiger partial charge < -0.3 is 19.4 Å². The lowest BCUT2D eigenvalue weighted by atomic mass is 10.2. The van der Waals surface area contributed by atoms with E-state index in [0.717, 1.165) is 23.1 Å². The number of aliphatic hydroxyl groups is 2. The Labute approximate surface area is 125 Å². The fraction of sp³-hybridized carbons (Fsp3) is 0.769. The number of ether oxygens (including phenoxy) is 1. The van der Waals surface area contributed by atoms with Crippen molar-refractivity contribution in [1.29, 1.82) is 0 Å². The van der Waals surface area contributed by atoms with Crippen LogP contribution in [0, 0.1) is 0 Å². The Morgan fingerprint density at radius 2 is 2.00 bits per heavy atom. The molecule has 0 aromatic heterocycles. The first-order valence-corrected chi connectivity index (χ1v) is 11.5. The highest BCUT2D eigenvalue weighted by molar-refractivity contribution is 6.70. The second-order valence-electron chi connectivity index (χ2n) is 5.94. The van der Waals surface area contributed by atoms with Gasteiger partial charge in [-0.15, -0.1) is 0 Å². The van der Waals surface area contributed by atoms with Crippen molar-refractivity contribution in [1.82, 2.24) is 0 Å². The number of rotatable bonds is 9. The van der Waals surface area contributed by atoms with Gasteiger partial charge in [0.1, 0.15) is 12.7 Å². The van der Waals surface area contributed by atoms with Gasteiger partial charge in [-0.25, -0.2) is 4.79 Å². The van der Waals surface area contributed by atoms with E-state index in [1.165, 1.54) is 0 Å². The minimum absolute atomic E-state index is 0.178. The Morgan fingerprint density at radius 1 is 1.40 bits per heavy atom. The van der Waals surface area contributed by atoms with Crippen LogP contribution in [0.25, 0.3) is 0 Å². The van der Waals surface area contributed by atoms with Gasteiger partial charge in [0.25, 0.3) is 0 Å². The topological polar surface area (TPSA) is 76.0 Å². The zero-order chi connectivity index (χ0) is 15.8. The molecule has 0 bridgehead atoms. The molecule has 7 heteroatoms. The summed E-state index contributed by atoms with van der Waals surface area (Å²) in [5.41, 5.74) is 0.843. The summed E-state index contributed by atoms with van der Waals surface area (Å²) < 4.78 is 10.8. The minimum atomic E-state index is -1.48. The summed E-state index contributed by atoms with van der Waals surface area (Å²) in [5.74, 6) is -0.450. The normalized spacial score (nSPS) is 16.0. The molecule has 0 aromatic rings. The van der Waals surface area contributed by atoms with Gasteiger partial charge in [-0.3, -0.25) is 0 Å². The molecule has 118 valence electrons. The quantitative estimate of drug-likeness (QED) is 0.359. The molecule has 0 aliphatic rings. The second kappa shape index (κ2) is 9.46. The maximum atomic E-state index is 11.6. The number of allylic oxidation sites excluding steroid dienone is 1. The van der Waals surface area contributed by atoms with E-state index in [9.17, 15) is 4.79 Å². The molecule has 0 aliphatic carbocycles. The van der Waals surface area contributed by atoms with Crippen molar-refractivity contribution in [3.8, 4) is 0 Å². The van der Waals surface area contributed by atoms with Crippen LogP contribution < -0.4 is 0 Å². The first-order chi connectivity index (χ1) is 9.15. The van der Waals surface area contributed by atoms with Crippen LogP contribution in [0.5, 0.6) is 0 Å². The van der Waals surface area contributed by atoms with Crippen molar-refractivity contribution in [3.63, 3.8) is 0 Å². The van der Waals surface area contributed by atoms with E-state index in [0.29, 0.717) is 11.3 Å². The fourth-order valence-electron chi connectivity index (χ4n) is 1.62. The van der Waals surface area contributed by atoms with E-state index in [1.54, 1.807) is 6.92 Å². The van der Waals surface area contributed by atoms with Crippen molar-refractivity contribution in [2.45, 2.75) is 51.2 Å². The third-order valence-electron chi connectivity index (χ3n) is 2.52. The minimum Gasteiger partial charge on any atom is -0.459 e. The lowest BCUT2D eigenvalue weighted by Gasteiger charge is -2.23. The first kappa shape index (κ1) is 19.5. The van der Waals surface area contributed by atoms with E-state index in [-0.39, 0.29) is 6.61 Å². The van der Waals surface area contributed by atoms with Crippen LogP contribution in [-0.2, 0) is 14.0 Å². The van der Waals surface area contributed by atoms with Gasteiger partial charge in [-0.1, -0.05) is 6.08 Å². The van der Waals surface area contributed by atoms with Crippen LogP contribution in [0.2, 0.25) is 19.6 Å². The molecule has 0 fully saturated rings. The van der Waals surface area contributed by atoms with E-state index in [1.807, 2.05) is 6.08 Å². The average molecular weight is 321 g/mol. The van der Waals surface area contributed by atoms with Gasteiger partial charge in [-0.2, -0.15) is 0 Å². The zero-order valence-corrected chi connectivity index (χ0v) is 16.2. The standard InChI is InChI=1S/C13H28O5Si2/c1-10(13(16)17-9-11(15)8-14)6-5-7-12(19)18-20(2,3)4/h6,11-12,14-15H,5,7-9H2,1-4,19H3. The molecule has 0 aliphatic heterocycles. The molecule has 0 aromatic carbocycles. The van der Waals surface area contributed by atoms with Crippen molar-refractivity contribution >= 4 is 24.5 Å². The predicted molar refractivity (Wildman–Crippen MR) is 85.2 cm³/mol. The summed E-state index contributed by atoms with van der Waals surface area (Å²) in [7, 11) is -0.496. The van der Waals surface area contributed by atoms with Crippen LogP contribution >= 0.6 is 0 Å². The Kier molecular flexibility index (Phi) is 9.23. The van der Waals surface area contributed by atoms with Crippen LogP contribution in [0.4, 0.5) is 0 Å². The molecular weight excluding hydrogens is 292 g/mol. The molecule has 2 N–H and O–H groups in total. The van der Waals surface area contributed by atoms with Gasteiger partial charge in [0.2, 0.25) is 0 Å². The molecule has 2 unspecified atom stereocenters. The SMILES string of the molecule is CC(=CCCC([SiH3])O[Si](C)(C)C)C(=O)OCC(O)CO. The second-order valence-corrected chi connectivity index (χ2v) is 11.7. The zero-order valence-electron chi connectivity index (χ0n) is 13.2. The molecule has 20 heavy (non-hydrogen) atoms. The van der Waals surface area contributed by atoms with Crippen LogP contribution in [0.1, 0.15) is 19.8 Å². The lowest BCUT2D eigenvalue weighted by Crippen LogP contribution is -2.32. The summed E-state index contributed by atoms with van der Waals surface area (Å²) in [6.07, 6.45) is 2.53. The largest absolute Gasteiger partial charge is 0.459 e. The van der Waals surface area contributed by atoms with Gasteiger partial charge in [0.15, 0.2) is 8.32 Å². The molecule has 0 heterocycles. The predicted octanol–water partition coefficient (Wildman–Crippen LogP) is 0.152. The summed E-state index contributed by atoms with van der Waals surface area (Å²) in [4.78, 5) is 11.6. The van der Waals surface area contributed by atoms with Crippen LogP contribution in [0.3, 0.4) is 0 Å². The number of carbonyl (C=O) groups is 1. The molecule has 0 amide bonds. The van der Waals surface area contributed by atoms with E-state index in [4.69, 9.17) is 19.4 Å².